The van der Waals surface area contributed by atoms with Crippen LogP contribution in [0.25, 0.3) is 0 Å². The molecule has 106 valence electrons. The fourth-order valence-electron chi connectivity index (χ4n) is 2.53. The maximum Gasteiger partial charge on any atom is 0.178 e. The molecule has 1 saturated heterocycles. The number of rotatable bonds is 3. The van der Waals surface area contributed by atoms with Crippen LogP contribution in [0.15, 0.2) is 29.7 Å². The van der Waals surface area contributed by atoms with Crippen LogP contribution < -0.4 is 4.90 Å². The number of hydrogen-bond donors (Lipinski definition) is 1. The number of nitrogens with zero attached hydrogens (tertiary/aromatic N) is 4. The summed E-state index contributed by atoms with van der Waals surface area (Å²) in [4.78, 5) is 10.7. The molecule has 1 fully saturated rings. The molecule has 2 aromatic rings. The van der Waals surface area contributed by atoms with Crippen LogP contribution in [-0.2, 0) is 9.84 Å². The van der Waals surface area contributed by atoms with E-state index in [1.165, 1.54) is 12.5 Å². The van der Waals surface area contributed by atoms with Gasteiger partial charge in [-0.15, -0.1) is 0 Å². The highest BCUT2D eigenvalue weighted by Gasteiger charge is 2.30. The van der Waals surface area contributed by atoms with Gasteiger partial charge >= 0.3 is 0 Å². The zero-order valence-corrected chi connectivity index (χ0v) is 11.8. The fraction of sp³-hybridized carbons (Fsp3) is 0.417. The molecule has 0 aromatic carbocycles. The van der Waals surface area contributed by atoms with Crippen molar-refractivity contribution in [3.63, 3.8) is 0 Å². The summed E-state index contributed by atoms with van der Waals surface area (Å²) in [6.07, 6.45) is 8.45. The van der Waals surface area contributed by atoms with Gasteiger partial charge in [0, 0.05) is 37.7 Å². The molecule has 0 saturated carbocycles. The molecule has 1 N–H and O–H groups in total. The Morgan fingerprint density at radius 3 is 2.90 bits per heavy atom. The second-order valence-corrected chi connectivity index (χ2v) is 6.90. The third-order valence-electron chi connectivity index (χ3n) is 3.50. The van der Waals surface area contributed by atoms with Gasteiger partial charge in [0.1, 0.15) is 10.7 Å². The SMILES string of the molecule is CS(=O)(=O)c1cn[nH]c1[C@H]1CCN(c2cnccn2)C1. The van der Waals surface area contributed by atoms with E-state index >= 15 is 0 Å². The molecule has 1 aliphatic rings. The molecule has 0 radical (unpaired) electrons. The molecule has 3 rings (SSSR count). The topological polar surface area (TPSA) is 91.8 Å². The van der Waals surface area contributed by atoms with E-state index in [1.807, 2.05) is 0 Å². The summed E-state index contributed by atoms with van der Waals surface area (Å²) in [6.45, 7) is 1.54. The highest BCUT2D eigenvalue weighted by molar-refractivity contribution is 7.90. The first-order valence-corrected chi connectivity index (χ1v) is 8.19. The minimum absolute atomic E-state index is 0.115. The standard InChI is InChI=1S/C12H15N5O2S/c1-20(18,19)10-6-15-16-12(10)9-2-5-17(8-9)11-7-13-3-4-14-11/h3-4,6-7,9H,2,5,8H2,1H3,(H,15,16)/t9-/m0/s1. The van der Waals surface area contributed by atoms with Crippen molar-refractivity contribution in [2.45, 2.75) is 17.2 Å². The molecule has 0 aliphatic carbocycles. The Bertz CT molecular complexity index is 698. The number of aromatic nitrogens is 4. The van der Waals surface area contributed by atoms with Crippen LogP contribution >= 0.6 is 0 Å². The number of H-pyrrole nitrogens is 1. The number of aromatic amines is 1. The third kappa shape index (κ3) is 2.38. The molecule has 2 aromatic heterocycles. The fourth-order valence-corrected chi connectivity index (χ4v) is 3.39. The number of hydrogen-bond acceptors (Lipinski definition) is 6. The van der Waals surface area contributed by atoms with Gasteiger partial charge in [0.25, 0.3) is 0 Å². The van der Waals surface area contributed by atoms with Crippen molar-refractivity contribution in [2.75, 3.05) is 24.2 Å². The van der Waals surface area contributed by atoms with Gasteiger partial charge in [-0.1, -0.05) is 0 Å². The van der Waals surface area contributed by atoms with Crippen molar-refractivity contribution in [3.05, 3.63) is 30.5 Å². The van der Waals surface area contributed by atoms with E-state index in [1.54, 1.807) is 18.6 Å². The van der Waals surface area contributed by atoms with Crippen molar-refractivity contribution in [3.8, 4) is 0 Å². The van der Waals surface area contributed by atoms with Crippen molar-refractivity contribution in [1.82, 2.24) is 20.2 Å². The molecule has 1 atom stereocenters. The van der Waals surface area contributed by atoms with Gasteiger partial charge in [-0.25, -0.2) is 13.4 Å². The molecule has 3 heterocycles. The van der Waals surface area contributed by atoms with Gasteiger partial charge < -0.3 is 4.90 Å². The van der Waals surface area contributed by atoms with Crippen LogP contribution in [0, 0.1) is 0 Å². The first-order valence-electron chi connectivity index (χ1n) is 6.30. The van der Waals surface area contributed by atoms with E-state index in [-0.39, 0.29) is 5.92 Å². The summed E-state index contributed by atoms with van der Waals surface area (Å²) in [6, 6.07) is 0. The number of anilines is 1. The number of nitrogens with one attached hydrogen (secondary N) is 1. The summed E-state index contributed by atoms with van der Waals surface area (Å²) < 4.78 is 23.5. The van der Waals surface area contributed by atoms with E-state index in [4.69, 9.17) is 0 Å². The third-order valence-corrected chi connectivity index (χ3v) is 4.63. The van der Waals surface area contributed by atoms with Gasteiger partial charge in [0.2, 0.25) is 0 Å². The Kier molecular flexibility index (Phi) is 3.17. The lowest BCUT2D eigenvalue weighted by Gasteiger charge is -2.16. The van der Waals surface area contributed by atoms with Gasteiger partial charge in [-0.2, -0.15) is 5.10 Å². The second-order valence-electron chi connectivity index (χ2n) is 4.92. The first kappa shape index (κ1) is 13.0. The minimum atomic E-state index is -3.25. The second kappa shape index (κ2) is 4.86. The van der Waals surface area contributed by atoms with Crippen LogP contribution in [0.1, 0.15) is 18.0 Å². The summed E-state index contributed by atoms with van der Waals surface area (Å²) in [7, 11) is -3.25. The predicted molar refractivity (Wildman–Crippen MR) is 73.3 cm³/mol. The van der Waals surface area contributed by atoms with Crippen LogP contribution in [0.5, 0.6) is 0 Å². The summed E-state index contributed by atoms with van der Waals surface area (Å²) >= 11 is 0. The molecule has 0 spiro atoms. The van der Waals surface area contributed by atoms with E-state index in [9.17, 15) is 8.42 Å². The highest BCUT2D eigenvalue weighted by Crippen LogP contribution is 2.31. The highest BCUT2D eigenvalue weighted by atomic mass is 32.2. The van der Waals surface area contributed by atoms with E-state index < -0.39 is 9.84 Å². The van der Waals surface area contributed by atoms with Crippen molar-refractivity contribution < 1.29 is 8.42 Å². The summed E-state index contributed by atoms with van der Waals surface area (Å²) in [5, 5.41) is 6.71. The van der Waals surface area contributed by atoms with E-state index in [0.29, 0.717) is 17.1 Å². The molecule has 0 bridgehead atoms. The monoisotopic (exact) mass is 293 g/mol. The quantitative estimate of drug-likeness (QED) is 0.891. The Labute approximate surface area is 117 Å². The molecule has 0 amide bonds. The van der Waals surface area contributed by atoms with Gasteiger partial charge in [-0.3, -0.25) is 10.1 Å². The molecule has 7 nitrogen and oxygen atoms in total. The molecular weight excluding hydrogens is 278 g/mol. The average Bonchev–Trinajstić information content (AvgIpc) is 3.08. The van der Waals surface area contributed by atoms with Crippen LogP contribution in [0.2, 0.25) is 0 Å². The normalized spacial score (nSPS) is 19.4. The Hall–Kier alpha value is -1.96. The van der Waals surface area contributed by atoms with Crippen molar-refractivity contribution in [1.29, 1.82) is 0 Å². The molecule has 8 heteroatoms. The largest absolute Gasteiger partial charge is 0.355 e. The smallest absolute Gasteiger partial charge is 0.178 e. The molecular formula is C12H15N5O2S. The predicted octanol–water partition coefficient (Wildman–Crippen LogP) is 0.597. The maximum atomic E-state index is 11.7. The van der Waals surface area contributed by atoms with E-state index in [2.05, 4.69) is 25.1 Å². The minimum Gasteiger partial charge on any atom is -0.355 e. The first-order chi connectivity index (χ1) is 9.55. The molecule has 1 aliphatic heterocycles. The summed E-state index contributed by atoms with van der Waals surface area (Å²) in [5.41, 5.74) is 0.693. The number of sulfone groups is 1. The van der Waals surface area contributed by atoms with E-state index in [0.717, 1.165) is 18.8 Å². The van der Waals surface area contributed by atoms with Crippen LogP contribution in [-0.4, -0.2) is 47.9 Å². The zero-order chi connectivity index (χ0) is 14.2. The lowest BCUT2D eigenvalue weighted by molar-refractivity contribution is 0.598. The van der Waals surface area contributed by atoms with Crippen molar-refractivity contribution in [2.24, 2.45) is 0 Å². The average molecular weight is 293 g/mol. The molecule has 20 heavy (non-hydrogen) atoms. The summed E-state index contributed by atoms with van der Waals surface area (Å²) in [5.74, 6) is 0.930. The maximum absolute atomic E-state index is 11.7. The van der Waals surface area contributed by atoms with Crippen molar-refractivity contribution >= 4 is 15.7 Å². The lowest BCUT2D eigenvalue weighted by atomic mass is 10.1. The Balaban J connectivity index is 1.83. The Morgan fingerprint density at radius 2 is 2.20 bits per heavy atom. The molecule has 0 unspecified atom stereocenters. The lowest BCUT2D eigenvalue weighted by Crippen LogP contribution is -2.20. The van der Waals surface area contributed by atoms with Crippen LogP contribution in [0.3, 0.4) is 0 Å². The van der Waals surface area contributed by atoms with Gasteiger partial charge in [0.15, 0.2) is 9.84 Å². The van der Waals surface area contributed by atoms with Crippen LogP contribution in [0.4, 0.5) is 5.82 Å². The Morgan fingerprint density at radius 1 is 1.35 bits per heavy atom. The van der Waals surface area contributed by atoms with Gasteiger partial charge in [-0.05, 0) is 6.42 Å². The van der Waals surface area contributed by atoms with Gasteiger partial charge in [0.05, 0.1) is 18.1 Å². The zero-order valence-electron chi connectivity index (χ0n) is 11.0.